The first-order valence-electron chi connectivity index (χ1n) is 8.04. The van der Waals surface area contributed by atoms with Crippen LogP contribution < -0.4 is 14.8 Å². The summed E-state index contributed by atoms with van der Waals surface area (Å²) in [5.74, 6) is -0.442. The molecule has 0 aliphatic carbocycles. The van der Waals surface area contributed by atoms with Gasteiger partial charge in [-0.25, -0.2) is 26.3 Å². The summed E-state index contributed by atoms with van der Waals surface area (Å²) in [6.07, 6.45) is -0.103. The van der Waals surface area contributed by atoms with E-state index in [0.717, 1.165) is 0 Å². The molecule has 0 aliphatic heterocycles. The zero-order chi connectivity index (χ0) is 20.1. The molecule has 0 saturated carbocycles. The van der Waals surface area contributed by atoms with Gasteiger partial charge in [0.1, 0.15) is 0 Å². The molecule has 0 unspecified atom stereocenters. The van der Waals surface area contributed by atoms with E-state index in [1.54, 1.807) is 37.3 Å². The molecule has 10 heteroatoms. The summed E-state index contributed by atoms with van der Waals surface area (Å²) >= 11 is 0. The Hall–Kier alpha value is -2.27. The third-order valence-corrected chi connectivity index (χ3v) is 6.76. The lowest BCUT2D eigenvalue weighted by atomic mass is 10.2. The summed E-state index contributed by atoms with van der Waals surface area (Å²) in [4.78, 5) is 12.2. The molecule has 0 heterocycles. The number of amides is 1. The summed E-state index contributed by atoms with van der Waals surface area (Å²) in [5, 5.41) is 2.57. The molecule has 3 N–H and O–H groups in total. The second kappa shape index (κ2) is 8.61. The lowest BCUT2D eigenvalue weighted by Crippen LogP contribution is -2.28. The van der Waals surface area contributed by atoms with Gasteiger partial charge in [0.25, 0.3) is 0 Å². The minimum atomic E-state index is -3.68. The molecule has 1 amide bonds. The number of benzene rings is 2. The molecule has 0 bridgehead atoms. The third kappa shape index (κ3) is 5.60. The molecule has 0 aromatic heterocycles. The maximum atomic E-state index is 12.1. The van der Waals surface area contributed by atoms with Crippen molar-refractivity contribution in [1.82, 2.24) is 9.44 Å². The molecular formula is C17H21N3O5S2. The highest BCUT2D eigenvalue weighted by Crippen LogP contribution is 2.20. The number of sulfonamides is 2. The first-order chi connectivity index (χ1) is 12.7. The van der Waals surface area contributed by atoms with Gasteiger partial charge >= 0.3 is 0 Å². The molecule has 0 saturated heterocycles. The smallest absolute Gasteiger partial charge is 0.240 e. The predicted molar refractivity (Wildman–Crippen MR) is 102 cm³/mol. The zero-order valence-electron chi connectivity index (χ0n) is 14.9. The fourth-order valence-electron chi connectivity index (χ4n) is 2.28. The van der Waals surface area contributed by atoms with Crippen molar-refractivity contribution in [2.45, 2.75) is 23.1 Å². The highest BCUT2D eigenvalue weighted by atomic mass is 32.2. The van der Waals surface area contributed by atoms with Gasteiger partial charge in [-0.05, 0) is 43.8 Å². The van der Waals surface area contributed by atoms with Crippen molar-refractivity contribution in [3.05, 3.63) is 54.1 Å². The van der Waals surface area contributed by atoms with Gasteiger partial charge in [-0.2, -0.15) is 0 Å². The average molecular weight is 412 g/mol. The topological polar surface area (TPSA) is 121 Å². The number of hydrogen-bond donors (Lipinski definition) is 3. The van der Waals surface area contributed by atoms with Gasteiger partial charge < -0.3 is 5.32 Å². The number of carbonyl (C=O) groups excluding carboxylic acids is 1. The minimum Gasteiger partial charge on any atom is -0.326 e. The van der Waals surface area contributed by atoms with Gasteiger partial charge in [0, 0.05) is 18.7 Å². The fraction of sp³-hybridized carbons (Fsp3) is 0.235. The SMILES string of the molecule is CNS(=O)(=O)c1cc(NC(=O)CCNS(=O)(=O)c2ccccc2)ccc1C. The van der Waals surface area contributed by atoms with Crippen LogP contribution in [0.3, 0.4) is 0 Å². The number of hydrogen-bond acceptors (Lipinski definition) is 5. The van der Waals surface area contributed by atoms with E-state index < -0.39 is 26.0 Å². The van der Waals surface area contributed by atoms with Crippen molar-refractivity contribution in [1.29, 1.82) is 0 Å². The molecule has 0 spiro atoms. The molecule has 146 valence electrons. The Labute approximate surface area is 159 Å². The van der Waals surface area contributed by atoms with E-state index >= 15 is 0 Å². The van der Waals surface area contributed by atoms with Crippen molar-refractivity contribution in [3.63, 3.8) is 0 Å². The number of carbonyl (C=O) groups is 1. The van der Waals surface area contributed by atoms with Crippen LogP contribution in [0, 0.1) is 6.92 Å². The molecule has 0 radical (unpaired) electrons. The van der Waals surface area contributed by atoms with Gasteiger partial charge in [0.2, 0.25) is 26.0 Å². The first kappa shape index (κ1) is 21.0. The van der Waals surface area contributed by atoms with Crippen molar-refractivity contribution in [2.75, 3.05) is 18.9 Å². The Morgan fingerprint density at radius 2 is 1.63 bits per heavy atom. The van der Waals surface area contributed by atoms with E-state index in [-0.39, 0.29) is 22.8 Å². The fourth-order valence-corrected chi connectivity index (χ4v) is 4.33. The van der Waals surface area contributed by atoms with E-state index in [0.29, 0.717) is 11.3 Å². The molecule has 2 rings (SSSR count). The molecule has 0 fully saturated rings. The van der Waals surface area contributed by atoms with Crippen molar-refractivity contribution in [2.24, 2.45) is 0 Å². The number of aryl methyl sites for hydroxylation is 1. The normalized spacial score (nSPS) is 11.9. The predicted octanol–water partition coefficient (Wildman–Crippen LogP) is 1.21. The lowest BCUT2D eigenvalue weighted by molar-refractivity contribution is -0.116. The lowest BCUT2D eigenvalue weighted by Gasteiger charge is -2.11. The summed E-state index contributed by atoms with van der Waals surface area (Å²) in [6, 6.07) is 12.3. The monoisotopic (exact) mass is 411 g/mol. The van der Waals surface area contributed by atoms with Crippen LogP contribution in [0.1, 0.15) is 12.0 Å². The average Bonchev–Trinajstić information content (AvgIpc) is 2.63. The minimum absolute atomic E-state index is 0.0626. The van der Waals surface area contributed by atoms with Gasteiger partial charge in [0.15, 0.2) is 0 Å². The van der Waals surface area contributed by atoms with Crippen LogP contribution in [-0.2, 0) is 24.8 Å². The molecule has 8 nitrogen and oxygen atoms in total. The third-order valence-electron chi connectivity index (χ3n) is 3.73. The van der Waals surface area contributed by atoms with E-state index in [1.807, 2.05) is 0 Å². The van der Waals surface area contributed by atoms with Gasteiger partial charge in [0.05, 0.1) is 9.79 Å². The van der Waals surface area contributed by atoms with Crippen LogP contribution >= 0.6 is 0 Å². The van der Waals surface area contributed by atoms with Gasteiger partial charge in [-0.15, -0.1) is 0 Å². The summed E-state index contributed by atoms with van der Waals surface area (Å²) in [5.41, 5.74) is 0.850. The molecule has 2 aromatic carbocycles. The number of nitrogens with one attached hydrogen (secondary N) is 3. The summed E-state index contributed by atoms with van der Waals surface area (Å²) < 4.78 is 52.7. The van der Waals surface area contributed by atoms with Crippen LogP contribution in [0.2, 0.25) is 0 Å². The van der Waals surface area contributed by atoms with Crippen LogP contribution in [0.15, 0.2) is 58.3 Å². The van der Waals surface area contributed by atoms with Crippen molar-refractivity contribution >= 4 is 31.6 Å². The largest absolute Gasteiger partial charge is 0.326 e. The molecule has 27 heavy (non-hydrogen) atoms. The standard InChI is InChI=1S/C17H21N3O5S2/c1-13-8-9-14(12-16(13)27(24,25)18-2)20-17(21)10-11-19-26(22,23)15-6-4-3-5-7-15/h3-9,12,18-19H,10-11H2,1-2H3,(H,20,21). The van der Waals surface area contributed by atoms with E-state index in [9.17, 15) is 21.6 Å². The number of anilines is 1. The quantitative estimate of drug-likeness (QED) is 0.603. The summed E-state index contributed by atoms with van der Waals surface area (Å²) in [6.45, 7) is 1.56. The van der Waals surface area contributed by atoms with Crippen molar-refractivity contribution < 1.29 is 21.6 Å². The first-order valence-corrected chi connectivity index (χ1v) is 11.0. The highest BCUT2D eigenvalue weighted by Gasteiger charge is 2.16. The second-order valence-corrected chi connectivity index (χ2v) is 9.32. The maximum absolute atomic E-state index is 12.1. The van der Waals surface area contributed by atoms with Gasteiger partial charge in [-0.3, -0.25) is 4.79 Å². The molecule has 2 aromatic rings. The Morgan fingerprint density at radius 1 is 0.963 bits per heavy atom. The summed E-state index contributed by atoms with van der Waals surface area (Å²) in [7, 11) is -6.02. The Bertz CT molecular complexity index is 1020. The van der Waals surface area contributed by atoms with Crippen LogP contribution in [0.4, 0.5) is 5.69 Å². The Balaban J connectivity index is 1.98. The molecule has 0 atom stereocenters. The van der Waals surface area contributed by atoms with Crippen LogP contribution in [0.5, 0.6) is 0 Å². The van der Waals surface area contributed by atoms with E-state index in [1.165, 1.54) is 25.2 Å². The van der Waals surface area contributed by atoms with Crippen LogP contribution in [-0.4, -0.2) is 36.3 Å². The second-order valence-electron chi connectivity index (χ2n) is 5.70. The van der Waals surface area contributed by atoms with Gasteiger partial charge in [-0.1, -0.05) is 24.3 Å². The van der Waals surface area contributed by atoms with Crippen LogP contribution in [0.25, 0.3) is 0 Å². The Kier molecular flexibility index (Phi) is 6.71. The highest BCUT2D eigenvalue weighted by molar-refractivity contribution is 7.89. The van der Waals surface area contributed by atoms with E-state index in [4.69, 9.17) is 0 Å². The molecular weight excluding hydrogens is 390 g/mol. The number of rotatable bonds is 8. The molecule has 0 aliphatic rings. The van der Waals surface area contributed by atoms with Crippen molar-refractivity contribution in [3.8, 4) is 0 Å². The van der Waals surface area contributed by atoms with E-state index in [2.05, 4.69) is 14.8 Å². The Morgan fingerprint density at radius 3 is 2.26 bits per heavy atom. The maximum Gasteiger partial charge on any atom is 0.240 e. The zero-order valence-corrected chi connectivity index (χ0v) is 16.5.